The number of carbonyl (C=O) groups is 1. The van der Waals surface area contributed by atoms with E-state index < -0.39 is 11.2 Å². The summed E-state index contributed by atoms with van der Waals surface area (Å²) in [4.78, 5) is 35.8. The molecular formula is C9H10BrN3O3. The second kappa shape index (κ2) is 4.25. The number of rotatable bonds is 3. The van der Waals surface area contributed by atoms with Gasteiger partial charge in [0.15, 0.2) is 0 Å². The second-order valence-corrected chi connectivity index (χ2v) is 4.64. The van der Waals surface area contributed by atoms with Crippen LogP contribution >= 0.6 is 15.9 Å². The molecule has 1 aromatic rings. The second-order valence-electron chi connectivity index (χ2n) is 3.79. The molecule has 0 saturated heterocycles. The molecule has 1 aliphatic rings. The first-order chi connectivity index (χ1) is 7.56. The van der Waals surface area contributed by atoms with Crippen LogP contribution in [0.1, 0.15) is 19.3 Å². The minimum Gasteiger partial charge on any atom is -0.273 e. The molecule has 1 aromatic heterocycles. The van der Waals surface area contributed by atoms with Gasteiger partial charge in [-0.3, -0.25) is 20.0 Å². The molecule has 0 spiro atoms. The van der Waals surface area contributed by atoms with Gasteiger partial charge in [0.1, 0.15) is 4.47 Å². The maximum Gasteiger partial charge on any atom is 0.347 e. The quantitative estimate of drug-likeness (QED) is 0.831. The average Bonchev–Trinajstić information content (AvgIpc) is 2.98. The highest BCUT2D eigenvalue weighted by Crippen LogP contribution is 2.32. The third-order valence-electron chi connectivity index (χ3n) is 2.31. The molecule has 16 heavy (non-hydrogen) atoms. The van der Waals surface area contributed by atoms with Gasteiger partial charge in [-0.05, 0) is 34.7 Å². The van der Waals surface area contributed by atoms with Gasteiger partial charge in [0.05, 0.1) is 6.20 Å². The number of nitrogens with zero attached hydrogens (tertiary/aromatic N) is 1. The summed E-state index contributed by atoms with van der Waals surface area (Å²) >= 11 is 2.98. The molecule has 2 N–H and O–H groups in total. The normalized spacial score (nSPS) is 14.8. The predicted molar refractivity (Wildman–Crippen MR) is 60.7 cm³/mol. The molecular weight excluding hydrogens is 278 g/mol. The lowest BCUT2D eigenvalue weighted by Crippen LogP contribution is -2.37. The van der Waals surface area contributed by atoms with E-state index in [1.54, 1.807) is 0 Å². The summed E-state index contributed by atoms with van der Waals surface area (Å²) in [5, 5.41) is 0. The van der Waals surface area contributed by atoms with Crippen molar-refractivity contribution in [2.24, 2.45) is 5.92 Å². The van der Waals surface area contributed by atoms with Crippen LogP contribution in [-0.2, 0) is 4.79 Å². The molecule has 1 saturated carbocycles. The van der Waals surface area contributed by atoms with Crippen molar-refractivity contribution in [3.63, 3.8) is 0 Å². The third kappa shape index (κ3) is 2.60. The molecule has 86 valence electrons. The summed E-state index contributed by atoms with van der Waals surface area (Å²) in [5.41, 5.74) is 1.24. The molecule has 0 unspecified atom stereocenters. The highest BCUT2D eigenvalue weighted by molar-refractivity contribution is 9.10. The van der Waals surface area contributed by atoms with Gasteiger partial charge in [-0.1, -0.05) is 0 Å². The Hall–Kier alpha value is -1.37. The monoisotopic (exact) mass is 287 g/mol. The first kappa shape index (κ1) is 11.1. The Morgan fingerprint density at radius 3 is 2.88 bits per heavy atom. The molecule has 1 amide bonds. The molecule has 0 aliphatic heterocycles. The fraction of sp³-hybridized carbons (Fsp3) is 0.444. The molecule has 2 rings (SSSR count). The highest BCUT2D eigenvalue weighted by atomic mass is 79.9. The Kier molecular flexibility index (Phi) is 2.95. The van der Waals surface area contributed by atoms with E-state index in [0.29, 0.717) is 12.3 Å². The zero-order valence-electron chi connectivity index (χ0n) is 8.33. The van der Waals surface area contributed by atoms with E-state index in [2.05, 4.69) is 26.3 Å². The summed E-state index contributed by atoms with van der Waals surface area (Å²) in [6.45, 7) is 0. The number of aromatic nitrogens is 2. The average molecular weight is 288 g/mol. The zero-order valence-corrected chi connectivity index (χ0v) is 9.91. The maximum atomic E-state index is 11.4. The van der Waals surface area contributed by atoms with Crippen LogP contribution in [0.5, 0.6) is 0 Å². The van der Waals surface area contributed by atoms with Crippen LogP contribution in [0.25, 0.3) is 0 Å². The number of hydrogen-bond donors (Lipinski definition) is 2. The molecule has 1 heterocycles. The summed E-state index contributed by atoms with van der Waals surface area (Å²) in [7, 11) is 0. The van der Waals surface area contributed by atoms with Gasteiger partial charge >= 0.3 is 5.69 Å². The Balaban J connectivity index is 2.14. The van der Waals surface area contributed by atoms with Crippen LogP contribution in [0.2, 0.25) is 0 Å². The SMILES string of the molecule is O=C(CC1CC1)Nn1cc(Br)c(=O)[nH]c1=O. The van der Waals surface area contributed by atoms with E-state index in [0.717, 1.165) is 17.5 Å². The number of amides is 1. The number of aromatic amines is 1. The smallest absolute Gasteiger partial charge is 0.273 e. The Labute approximate surface area is 98.8 Å². The van der Waals surface area contributed by atoms with Gasteiger partial charge in [0.2, 0.25) is 5.91 Å². The Morgan fingerprint density at radius 1 is 1.56 bits per heavy atom. The Morgan fingerprint density at radius 2 is 2.25 bits per heavy atom. The van der Waals surface area contributed by atoms with Gasteiger partial charge < -0.3 is 0 Å². The van der Waals surface area contributed by atoms with E-state index in [9.17, 15) is 14.4 Å². The summed E-state index contributed by atoms with van der Waals surface area (Å²) in [6.07, 6.45) is 3.80. The fourth-order valence-electron chi connectivity index (χ4n) is 1.29. The van der Waals surface area contributed by atoms with Crippen molar-refractivity contribution in [3.05, 3.63) is 31.5 Å². The number of carbonyl (C=O) groups excluding carboxylic acids is 1. The lowest BCUT2D eigenvalue weighted by Gasteiger charge is -2.06. The van der Waals surface area contributed by atoms with Crippen molar-refractivity contribution in [1.29, 1.82) is 0 Å². The molecule has 0 bridgehead atoms. The van der Waals surface area contributed by atoms with Crippen LogP contribution in [0, 0.1) is 5.92 Å². The molecule has 6 nitrogen and oxygen atoms in total. The topological polar surface area (TPSA) is 84.0 Å². The van der Waals surface area contributed by atoms with E-state index in [-0.39, 0.29) is 10.4 Å². The van der Waals surface area contributed by atoms with Gasteiger partial charge in [0, 0.05) is 6.42 Å². The Bertz CT molecular complexity index is 530. The van der Waals surface area contributed by atoms with Crippen molar-refractivity contribution in [3.8, 4) is 0 Å². The van der Waals surface area contributed by atoms with Crippen LogP contribution in [0.3, 0.4) is 0 Å². The van der Waals surface area contributed by atoms with Crippen LogP contribution in [0.15, 0.2) is 20.3 Å². The van der Waals surface area contributed by atoms with Gasteiger partial charge in [-0.25, -0.2) is 9.47 Å². The lowest BCUT2D eigenvalue weighted by atomic mass is 10.3. The molecule has 0 atom stereocenters. The molecule has 0 aromatic carbocycles. The van der Waals surface area contributed by atoms with Crippen molar-refractivity contribution >= 4 is 21.8 Å². The lowest BCUT2D eigenvalue weighted by molar-refractivity contribution is -0.117. The first-order valence-corrected chi connectivity index (χ1v) is 5.67. The van der Waals surface area contributed by atoms with Gasteiger partial charge in [-0.15, -0.1) is 0 Å². The molecule has 1 fully saturated rings. The van der Waals surface area contributed by atoms with E-state index in [4.69, 9.17) is 0 Å². The van der Waals surface area contributed by atoms with E-state index in [1.807, 2.05) is 0 Å². The predicted octanol–water partition coefficient (Wildman–Crippen LogP) is 0.169. The minimum atomic E-state index is -0.655. The van der Waals surface area contributed by atoms with Crippen molar-refractivity contribution in [1.82, 2.24) is 9.66 Å². The number of H-pyrrole nitrogens is 1. The molecule has 0 radical (unpaired) electrons. The van der Waals surface area contributed by atoms with Crippen LogP contribution in [0.4, 0.5) is 0 Å². The standard InChI is InChI=1S/C9H10BrN3O3/c10-6-4-13(9(16)11-8(6)15)12-7(14)3-5-1-2-5/h4-5H,1-3H2,(H,12,14)(H,11,15,16). The first-order valence-electron chi connectivity index (χ1n) is 4.87. The van der Waals surface area contributed by atoms with Crippen LogP contribution < -0.4 is 16.7 Å². The molecule has 1 aliphatic carbocycles. The number of halogens is 1. The van der Waals surface area contributed by atoms with Crippen LogP contribution in [-0.4, -0.2) is 15.6 Å². The maximum absolute atomic E-state index is 11.4. The summed E-state index contributed by atoms with van der Waals surface area (Å²) in [6, 6.07) is 0. The van der Waals surface area contributed by atoms with Crippen molar-refractivity contribution < 1.29 is 4.79 Å². The summed E-state index contributed by atoms with van der Waals surface area (Å²) < 4.78 is 1.16. The minimum absolute atomic E-state index is 0.193. The van der Waals surface area contributed by atoms with E-state index >= 15 is 0 Å². The van der Waals surface area contributed by atoms with Gasteiger partial charge in [-0.2, -0.15) is 0 Å². The van der Waals surface area contributed by atoms with Crippen molar-refractivity contribution in [2.75, 3.05) is 5.43 Å². The summed E-state index contributed by atoms with van der Waals surface area (Å²) in [5.74, 6) is 0.227. The fourth-order valence-corrected chi connectivity index (χ4v) is 1.60. The van der Waals surface area contributed by atoms with Crippen molar-refractivity contribution in [2.45, 2.75) is 19.3 Å². The largest absolute Gasteiger partial charge is 0.347 e. The third-order valence-corrected chi connectivity index (χ3v) is 2.88. The number of nitrogens with one attached hydrogen (secondary N) is 2. The number of hydrogen-bond acceptors (Lipinski definition) is 3. The van der Waals surface area contributed by atoms with Gasteiger partial charge in [0.25, 0.3) is 5.56 Å². The molecule has 7 heteroatoms. The zero-order chi connectivity index (χ0) is 11.7. The highest BCUT2D eigenvalue weighted by Gasteiger charge is 2.24. The van der Waals surface area contributed by atoms with E-state index in [1.165, 1.54) is 6.20 Å².